The Balaban J connectivity index is 1.83. The summed E-state index contributed by atoms with van der Waals surface area (Å²) < 4.78 is 15.5. The highest BCUT2D eigenvalue weighted by Crippen LogP contribution is 2.29. The number of benzene rings is 2. The lowest BCUT2D eigenvalue weighted by molar-refractivity contribution is 0.381. The summed E-state index contributed by atoms with van der Waals surface area (Å²) in [4.78, 5) is 17.4. The fraction of sp³-hybridized carbons (Fsp3) is 0.174. The number of aromatic nitrogens is 2. The number of halogens is 1. The highest BCUT2D eigenvalue weighted by atomic mass is 19.1. The van der Waals surface area contributed by atoms with Gasteiger partial charge in [-0.25, -0.2) is 4.39 Å². The Bertz CT molecular complexity index is 1360. The second kappa shape index (κ2) is 6.51. The summed E-state index contributed by atoms with van der Waals surface area (Å²) in [6.07, 6.45) is 3.71. The van der Waals surface area contributed by atoms with Crippen molar-refractivity contribution < 1.29 is 4.39 Å². The molecule has 0 aliphatic carbocycles. The van der Waals surface area contributed by atoms with E-state index in [0.717, 1.165) is 33.9 Å². The number of hydrogen-bond acceptors (Lipinski definition) is 4. The lowest BCUT2D eigenvalue weighted by Crippen LogP contribution is -2.18. The topological polar surface area (TPSA) is 50.5 Å². The molecule has 0 fully saturated rings. The average molecular weight is 386 g/mol. The molecule has 2 aromatic carbocycles. The van der Waals surface area contributed by atoms with Crippen molar-refractivity contribution >= 4 is 28.0 Å². The van der Waals surface area contributed by atoms with Gasteiger partial charge in [0.05, 0.1) is 11.0 Å². The molecular weight excluding hydrogens is 367 g/mol. The Morgan fingerprint density at radius 3 is 2.72 bits per heavy atom. The summed E-state index contributed by atoms with van der Waals surface area (Å²) in [5, 5.41) is 7.99. The minimum absolute atomic E-state index is 0.163. The minimum Gasteiger partial charge on any atom is -0.299 e. The Kier molecular flexibility index (Phi) is 3.94. The smallest absolute Gasteiger partial charge is 0.255 e. The molecule has 3 heterocycles. The van der Waals surface area contributed by atoms with Gasteiger partial charge in [-0.3, -0.25) is 19.4 Å². The van der Waals surface area contributed by atoms with E-state index in [2.05, 4.69) is 22.2 Å². The lowest BCUT2D eigenvalue weighted by atomic mass is 9.98. The molecule has 29 heavy (non-hydrogen) atoms. The summed E-state index contributed by atoms with van der Waals surface area (Å²) in [7, 11) is 1.95. The molecular formula is C23H19FN4O. The number of nitrogens with zero attached hydrogens (tertiary/aromatic N) is 4. The number of rotatable bonds is 2. The van der Waals surface area contributed by atoms with Gasteiger partial charge in [0.2, 0.25) is 0 Å². The first-order valence-electron chi connectivity index (χ1n) is 9.47. The van der Waals surface area contributed by atoms with E-state index in [-0.39, 0.29) is 17.3 Å². The molecule has 0 bridgehead atoms. The van der Waals surface area contributed by atoms with Gasteiger partial charge in [-0.05, 0) is 54.4 Å². The Morgan fingerprint density at radius 2 is 1.97 bits per heavy atom. The number of likely N-dealkylation sites (N-methyl/N-ethyl adjacent to an activating group) is 1. The minimum atomic E-state index is -0.291. The van der Waals surface area contributed by atoms with Crippen LogP contribution in [-0.2, 0) is 0 Å². The van der Waals surface area contributed by atoms with Crippen molar-refractivity contribution in [1.29, 1.82) is 0 Å². The van der Waals surface area contributed by atoms with Gasteiger partial charge in [0, 0.05) is 54.4 Å². The Morgan fingerprint density at radius 1 is 1.10 bits per heavy atom. The van der Waals surface area contributed by atoms with Crippen molar-refractivity contribution in [3.8, 4) is 5.69 Å². The van der Waals surface area contributed by atoms with E-state index in [1.807, 2.05) is 24.3 Å². The molecule has 1 aliphatic heterocycles. The van der Waals surface area contributed by atoms with Crippen molar-refractivity contribution in [3.63, 3.8) is 0 Å². The van der Waals surface area contributed by atoms with Crippen molar-refractivity contribution in [1.82, 2.24) is 14.6 Å². The van der Waals surface area contributed by atoms with Crippen LogP contribution in [0.15, 0.2) is 64.6 Å². The molecule has 144 valence electrons. The predicted octanol–water partition coefficient (Wildman–Crippen LogP) is 4.00. The standard InChI is InChI=1S/C23H19FN4O/c1-14-9-18(5-6-20(14)24)28-22(29)8-4-16-11-25-21-7-3-15(10-19(21)23(16)28)17-12-26-27(2)13-17/h3-12,17H,13H2,1-2H3. The van der Waals surface area contributed by atoms with E-state index in [9.17, 15) is 9.18 Å². The van der Waals surface area contributed by atoms with E-state index < -0.39 is 0 Å². The van der Waals surface area contributed by atoms with E-state index in [4.69, 9.17) is 0 Å². The Hall–Kier alpha value is -3.54. The van der Waals surface area contributed by atoms with Crippen molar-refractivity contribution in [3.05, 3.63) is 82.0 Å². The monoisotopic (exact) mass is 386 g/mol. The third-order valence-corrected chi connectivity index (χ3v) is 5.47. The van der Waals surface area contributed by atoms with Crippen LogP contribution in [0, 0.1) is 12.7 Å². The quantitative estimate of drug-likeness (QED) is 0.489. The van der Waals surface area contributed by atoms with Gasteiger partial charge < -0.3 is 0 Å². The first-order valence-corrected chi connectivity index (χ1v) is 9.47. The van der Waals surface area contributed by atoms with Gasteiger partial charge in [-0.1, -0.05) is 6.07 Å². The zero-order chi connectivity index (χ0) is 20.1. The second-order valence-corrected chi connectivity index (χ2v) is 7.49. The van der Waals surface area contributed by atoms with Crippen molar-refractivity contribution in [2.24, 2.45) is 5.10 Å². The van der Waals surface area contributed by atoms with E-state index in [0.29, 0.717) is 11.3 Å². The third-order valence-electron chi connectivity index (χ3n) is 5.47. The van der Waals surface area contributed by atoms with E-state index >= 15 is 0 Å². The highest BCUT2D eigenvalue weighted by Gasteiger charge is 2.18. The molecule has 0 saturated heterocycles. The average Bonchev–Trinajstić information content (AvgIpc) is 3.16. The fourth-order valence-electron chi connectivity index (χ4n) is 3.95. The van der Waals surface area contributed by atoms with Gasteiger partial charge in [0.25, 0.3) is 5.56 Å². The van der Waals surface area contributed by atoms with Crippen LogP contribution in [0.1, 0.15) is 17.0 Å². The largest absolute Gasteiger partial charge is 0.299 e. The molecule has 0 amide bonds. The summed E-state index contributed by atoms with van der Waals surface area (Å²) in [5.74, 6) is -0.0999. The molecule has 0 radical (unpaired) electrons. The predicted molar refractivity (Wildman–Crippen MR) is 113 cm³/mol. The maximum atomic E-state index is 13.8. The van der Waals surface area contributed by atoms with Crippen LogP contribution in [0.5, 0.6) is 0 Å². The molecule has 6 heteroatoms. The molecule has 1 atom stereocenters. The van der Waals surface area contributed by atoms with Crippen LogP contribution in [0.4, 0.5) is 4.39 Å². The summed E-state index contributed by atoms with van der Waals surface area (Å²) in [6, 6.07) is 14.2. The molecule has 0 spiro atoms. The van der Waals surface area contributed by atoms with Crippen LogP contribution in [0.2, 0.25) is 0 Å². The van der Waals surface area contributed by atoms with Crippen LogP contribution >= 0.6 is 0 Å². The second-order valence-electron chi connectivity index (χ2n) is 7.49. The number of hydrazone groups is 1. The van der Waals surface area contributed by atoms with Crippen LogP contribution < -0.4 is 5.56 Å². The molecule has 2 aromatic heterocycles. The van der Waals surface area contributed by atoms with E-state index in [1.54, 1.807) is 35.9 Å². The third kappa shape index (κ3) is 2.88. The first kappa shape index (κ1) is 17.6. The molecule has 0 saturated carbocycles. The highest BCUT2D eigenvalue weighted by molar-refractivity contribution is 6.04. The van der Waals surface area contributed by atoms with Crippen LogP contribution in [0.25, 0.3) is 27.5 Å². The number of fused-ring (bicyclic) bond motifs is 3. The summed E-state index contributed by atoms with van der Waals surface area (Å²) in [5.41, 5.74) is 3.68. The number of hydrogen-bond donors (Lipinski definition) is 0. The van der Waals surface area contributed by atoms with Gasteiger partial charge in [-0.15, -0.1) is 0 Å². The van der Waals surface area contributed by atoms with Crippen LogP contribution in [-0.4, -0.2) is 34.4 Å². The molecule has 5 rings (SSSR count). The molecule has 5 nitrogen and oxygen atoms in total. The number of aryl methyl sites for hydroxylation is 1. The first-order chi connectivity index (χ1) is 14.0. The van der Waals surface area contributed by atoms with Crippen molar-refractivity contribution in [2.45, 2.75) is 12.8 Å². The molecule has 4 aromatic rings. The normalized spacial score (nSPS) is 16.2. The van der Waals surface area contributed by atoms with E-state index in [1.165, 1.54) is 12.1 Å². The summed E-state index contributed by atoms with van der Waals surface area (Å²) >= 11 is 0. The zero-order valence-corrected chi connectivity index (χ0v) is 16.1. The molecule has 0 N–H and O–H groups in total. The maximum Gasteiger partial charge on any atom is 0.255 e. The van der Waals surface area contributed by atoms with Gasteiger partial charge in [0.1, 0.15) is 5.82 Å². The lowest BCUT2D eigenvalue weighted by Gasteiger charge is -2.15. The van der Waals surface area contributed by atoms with Gasteiger partial charge >= 0.3 is 0 Å². The van der Waals surface area contributed by atoms with Crippen LogP contribution in [0.3, 0.4) is 0 Å². The maximum absolute atomic E-state index is 13.8. The van der Waals surface area contributed by atoms with Gasteiger partial charge in [0.15, 0.2) is 0 Å². The summed E-state index contributed by atoms with van der Waals surface area (Å²) in [6.45, 7) is 2.51. The van der Waals surface area contributed by atoms with Gasteiger partial charge in [-0.2, -0.15) is 5.10 Å². The molecule has 1 aliphatic rings. The SMILES string of the molecule is Cc1cc(-n2c(=O)ccc3cnc4ccc(C5C=NN(C)C5)cc4c32)ccc1F. The zero-order valence-electron chi connectivity index (χ0n) is 16.1. The molecule has 1 unspecified atom stereocenters. The number of pyridine rings is 2. The fourth-order valence-corrected chi connectivity index (χ4v) is 3.95. The van der Waals surface area contributed by atoms with Crippen molar-refractivity contribution in [2.75, 3.05) is 13.6 Å². The Labute approximate surface area is 166 Å².